The van der Waals surface area contributed by atoms with Gasteiger partial charge in [-0.25, -0.2) is 0 Å². The molecular weight excluding hydrogens is 367 g/mol. The van der Waals surface area contributed by atoms with Crippen LogP contribution in [-0.4, -0.2) is 157 Å². The van der Waals surface area contributed by atoms with Gasteiger partial charge in [-0.2, -0.15) is 0 Å². The van der Waals surface area contributed by atoms with E-state index in [1.165, 1.54) is 80.0 Å². The zero-order valence-corrected chi connectivity index (χ0v) is 17.2. The molecule has 8 rings (SSSR count). The second-order valence-corrected chi connectivity index (χ2v) is 7.06. The maximum atomic E-state index is 2.47. The van der Waals surface area contributed by atoms with Crippen LogP contribution in [0.5, 0.6) is 0 Å². The molecule has 0 aromatic carbocycles. The number of rotatable bonds is 0. The van der Waals surface area contributed by atoms with Crippen LogP contribution in [0.15, 0.2) is 0 Å². The van der Waals surface area contributed by atoms with Gasteiger partial charge in [0.2, 0.25) is 0 Å². The van der Waals surface area contributed by atoms with Gasteiger partial charge in [0.05, 0.1) is 80.0 Å². The fourth-order valence-corrected chi connectivity index (χ4v) is 4.47. The predicted molar refractivity (Wildman–Crippen MR) is 78.9 cm³/mol. The summed E-state index contributed by atoms with van der Waals surface area (Å²) < 4.78 is 0. The van der Waals surface area contributed by atoms with Crippen LogP contribution in [0.4, 0.5) is 0 Å². The molecule has 8 nitrogen and oxygen atoms in total. The smallest absolute Gasteiger partial charge is 1.00 e. The Bertz CT molecular complexity index is 254. The monoisotopic (exact) mass is 390 g/mol. The van der Waals surface area contributed by atoms with Crippen LogP contribution in [0.3, 0.4) is 0 Å². The van der Waals surface area contributed by atoms with Crippen molar-refractivity contribution in [2.75, 3.05) is 80.0 Å². The number of nitrogens with zero attached hydrogens (tertiary/aromatic N) is 8. The predicted octanol–water partition coefficient (Wildman–Crippen LogP) is -8.41. The molecule has 0 aromatic rings. The van der Waals surface area contributed by atoms with E-state index in [4.69, 9.17) is 0 Å². The maximum absolute atomic E-state index is 2.47. The minimum Gasteiger partial charge on any atom is -1.00 e. The van der Waals surface area contributed by atoms with Crippen molar-refractivity contribution in [1.29, 1.82) is 0 Å². The summed E-state index contributed by atoms with van der Waals surface area (Å²) in [4.78, 5) is 19.8. The van der Waals surface area contributed by atoms with Gasteiger partial charge >= 0.3 is 37.7 Å². The Balaban J connectivity index is 0.000000148. The SMILES string of the molecule is C1N2CN3CN1CN(C2)C3.C1N2CN3CN1CN(C2)C3.[Ca+2].[Cl-].[Cl-]. The first-order valence-electron chi connectivity index (χ1n) is 7.59. The number of hydrogen-bond acceptors (Lipinski definition) is 8. The Hall–Kier alpha value is 1.52. The van der Waals surface area contributed by atoms with Gasteiger partial charge in [-0.05, 0) is 0 Å². The molecule has 0 unspecified atom stereocenters. The summed E-state index contributed by atoms with van der Waals surface area (Å²) in [5, 5.41) is 0. The van der Waals surface area contributed by atoms with Crippen molar-refractivity contribution in [3.63, 3.8) is 0 Å². The third-order valence-corrected chi connectivity index (χ3v) is 4.80. The van der Waals surface area contributed by atoms with Gasteiger partial charge in [0.1, 0.15) is 0 Å². The van der Waals surface area contributed by atoms with Crippen molar-refractivity contribution in [3.05, 3.63) is 0 Å². The molecular formula is C12H24CaCl2N8. The molecule has 0 aromatic heterocycles. The molecule has 8 fully saturated rings. The average molecular weight is 391 g/mol. The van der Waals surface area contributed by atoms with Gasteiger partial charge in [0, 0.05) is 0 Å². The fraction of sp³-hybridized carbons (Fsp3) is 1.00. The fourth-order valence-electron chi connectivity index (χ4n) is 4.47. The van der Waals surface area contributed by atoms with Crippen molar-refractivity contribution in [1.82, 2.24) is 39.2 Å². The molecule has 0 radical (unpaired) electrons. The minimum absolute atomic E-state index is 0. The summed E-state index contributed by atoms with van der Waals surface area (Å²) >= 11 is 0. The molecule has 0 spiro atoms. The van der Waals surface area contributed by atoms with Gasteiger partial charge in [-0.1, -0.05) is 0 Å². The largest absolute Gasteiger partial charge is 2.00 e. The Morgan fingerprint density at radius 3 is 0.435 bits per heavy atom. The van der Waals surface area contributed by atoms with Crippen molar-refractivity contribution >= 4 is 37.7 Å². The first kappa shape index (κ1) is 20.8. The van der Waals surface area contributed by atoms with Crippen molar-refractivity contribution in [3.8, 4) is 0 Å². The van der Waals surface area contributed by atoms with E-state index in [0.717, 1.165) is 0 Å². The zero-order chi connectivity index (χ0) is 13.1. The van der Waals surface area contributed by atoms with E-state index in [9.17, 15) is 0 Å². The third kappa shape index (κ3) is 4.44. The third-order valence-electron chi connectivity index (χ3n) is 4.80. The van der Waals surface area contributed by atoms with E-state index < -0.39 is 0 Å². The number of hydrogen-bond donors (Lipinski definition) is 0. The minimum atomic E-state index is 0. The molecule has 8 saturated heterocycles. The molecule has 8 heterocycles. The Kier molecular flexibility index (Phi) is 7.67. The van der Waals surface area contributed by atoms with Crippen molar-refractivity contribution in [2.24, 2.45) is 0 Å². The van der Waals surface area contributed by atoms with Crippen molar-refractivity contribution in [2.45, 2.75) is 0 Å². The molecule has 128 valence electrons. The molecule has 11 heteroatoms. The van der Waals surface area contributed by atoms with Gasteiger partial charge in [0.15, 0.2) is 0 Å². The Morgan fingerprint density at radius 2 is 0.348 bits per heavy atom. The summed E-state index contributed by atoms with van der Waals surface area (Å²) in [6.07, 6.45) is 0. The molecule has 0 aliphatic carbocycles. The molecule has 0 N–H and O–H groups in total. The average Bonchev–Trinajstić information content (AvgIpc) is 2.35. The molecule has 0 saturated carbocycles. The van der Waals surface area contributed by atoms with E-state index in [2.05, 4.69) is 39.2 Å². The quantitative estimate of drug-likeness (QED) is 0.376. The number of halogens is 2. The first-order chi connectivity index (χ1) is 9.80. The maximum Gasteiger partial charge on any atom is 2.00 e. The molecule has 8 bridgehead atoms. The van der Waals surface area contributed by atoms with E-state index in [0.29, 0.717) is 0 Å². The van der Waals surface area contributed by atoms with Crippen LogP contribution in [0.1, 0.15) is 0 Å². The second-order valence-electron chi connectivity index (χ2n) is 7.06. The standard InChI is InChI=1S/2C6H12N4.Ca.2ClH/c2*1-7-2-9-4-8(1)5-10(3-7)6-9;;;/h2*1-6H2;;2*1H/q;;+2;;/p-2. The van der Waals surface area contributed by atoms with Crippen molar-refractivity contribution < 1.29 is 24.8 Å². The summed E-state index contributed by atoms with van der Waals surface area (Å²) in [7, 11) is 0. The Labute approximate surface area is 180 Å². The van der Waals surface area contributed by atoms with Gasteiger partial charge in [-0.15, -0.1) is 0 Å². The summed E-state index contributed by atoms with van der Waals surface area (Å²) in [5.41, 5.74) is 0. The molecule has 0 amide bonds. The zero-order valence-electron chi connectivity index (χ0n) is 13.5. The van der Waals surface area contributed by atoms with E-state index in [1.54, 1.807) is 0 Å². The van der Waals surface area contributed by atoms with Crippen LogP contribution >= 0.6 is 0 Å². The molecule has 8 aliphatic rings. The normalized spacial score (nSPS) is 50.1. The van der Waals surface area contributed by atoms with Crippen LogP contribution in [0.2, 0.25) is 0 Å². The van der Waals surface area contributed by atoms with E-state index in [-0.39, 0.29) is 62.6 Å². The summed E-state index contributed by atoms with van der Waals surface area (Å²) in [6.45, 7) is 14.2. The topological polar surface area (TPSA) is 25.9 Å². The van der Waals surface area contributed by atoms with Crippen LogP contribution < -0.4 is 24.8 Å². The van der Waals surface area contributed by atoms with E-state index in [1.807, 2.05) is 0 Å². The molecule has 23 heavy (non-hydrogen) atoms. The van der Waals surface area contributed by atoms with Crippen LogP contribution in [0.25, 0.3) is 0 Å². The van der Waals surface area contributed by atoms with Crippen LogP contribution in [-0.2, 0) is 0 Å². The Morgan fingerprint density at radius 1 is 0.261 bits per heavy atom. The second kappa shape index (κ2) is 8.47. The molecule has 8 aliphatic heterocycles. The van der Waals surface area contributed by atoms with Gasteiger partial charge in [-0.3, -0.25) is 39.2 Å². The van der Waals surface area contributed by atoms with E-state index >= 15 is 0 Å². The summed E-state index contributed by atoms with van der Waals surface area (Å²) in [6, 6.07) is 0. The first-order valence-corrected chi connectivity index (χ1v) is 7.59. The van der Waals surface area contributed by atoms with Gasteiger partial charge in [0.25, 0.3) is 0 Å². The summed E-state index contributed by atoms with van der Waals surface area (Å²) in [5.74, 6) is 0. The van der Waals surface area contributed by atoms with Gasteiger partial charge < -0.3 is 24.8 Å². The molecule has 0 atom stereocenters. The van der Waals surface area contributed by atoms with Crippen LogP contribution in [0, 0.1) is 0 Å².